The van der Waals surface area contributed by atoms with Crippen molar-refractivity contribution in [3.8, 4) is 0 Å². The fourth-order valence-corrected chi connectivity index (χ4v) is 5.48. The molecule has 0 atom stereocenters. The molecule has 1 nitrogen and oxygen atoms in total. The molecule has 0 spiro atoms. The lowest BCUT2D eigenvalue weighted by molar-refractivity contribution is 1.10. The summed E-state index contributed by atoms with van der Waals surface area (Å²) < 4.78 is 0. The first-order chi connectivity index (χ1) is 21.5. The lowest BCUT2D eigenvalue weighted by Gasteiger charge is -2.30. The van der Waals surface area contributed by atoms with E-state index in [1.807, 2.05) is 12.1 Å². The monoisotopic (exact) mass is 571 g/mol. The van der Waals surface area contributed by atoms with E-state index >= 15 is 0 Å². The molecular weight excluding hydrogens is 530 g/mol. The lowest BCUT2D eigenvalue weighted by Crippen LogP contribution is -2.14. The Morgan fingerprint density at radius 1 is 0.477 bits per heavy atom. The predicted octanol–water partition coefficient (Wildman–Crippen LogP) is 12.1. The Hall–Kier alpha value is -5.14. The van der Waals surface area contributed by atoms with Gasteiger partial charge in [-0.05, 0) is 96.0 Å². The molecule has 44 heavy (non-hydrogen) atoms. The highest BCUT2D eigenvalue weighted by atomic mass is 15.1. The van der Waals surface area contributed by atoms with Crippen molar-refractivity contribution in [1.82, 2.24) is 0 Å². The molecule has 5 aromatic carbocycles. The molecule has 0 N–H and O–H groups in total. The minimum absolute atomic E-state index is 0.967. The minimum atomic E-state index is 0.967. The zero-order valence-electron chi connectivity index (χ0n) is 26.2. The maximum atomic E-state index is 2.43. The Bertz CT molecular complexity index is 1690. The molecule has 0 amide bonds. The van der Waals surface area contributed by atoms with Crippen LogP contribution in [0.4, 0.5) is 17.1 Å². The van der Waals surface area contributed by atoms with E-state index in [0.717, 1.165) is 17.8 Å². The fourth-order valence-electron chi connectivity index (χ4n) is 5.48. The molecular formula is C43H41N. The fraction of sp³-hybridized carbons (Fsp3) is 0.116. The molecule has 0 aliphatic carbocycles. The minimum Gasteiger partial charge on any atom is -0.310 e. The van der Waals surface area contributed by atoms with Crippen LogP contribution in [0.2, 0.25) is 0 Å². The van der Waals surface area contributed by atoms with Crippen LogP contribution in [0.25, 0.3) is 24.3 Å². The van der Waals surface area contributed by atoms with Gasteiger partial charge in [-0.2, -0.15) is 0 Å². The molecule has 1 heteroatoms. The first-order valence-corrected chi connectivity index (χ1v) is 15.4. The molecule has 5 aromatic rings. The van der Waals surface area contributed by atoms with Crippen LogP contribution >= 0.6 is 0 Å². The van der Waals surface area contributed by atoms with Gasteiger partial charge >= 0.3 is 0 Å². The predicted molar refractivity (Wildman–Crippen MR) is 194 cm³/mol. The van der Waals surface area contributed by atoms with Crippen molar-refractivity contribution in [2.24, 2.45) is 0 Å². The molecule has 0 saturated heterocycles. The summed E-state index contributed by atoms with van der Waals surface area (Å²) in [7, 11) is 0. The molecule has 0 aliphatic heterocycles. The van der Waals surface area contributed by atoms with Crippen molar-refractivity contribution in [2.75, 3.05) is 4.90 Å². The molecule has 0 saturated carbocycles. The summed E-state index contributed by atoms with van der Waals surface area (Å²) in [6.45, 7) is 8.85. The third-order valence-electron chi connectivity index (χ3n) is 7.90. The van der Waals surface area contributed by atoms with Crippen LogP contribution < -0.4 is 4.90 Å². The topological polar surface area (TPSA) is 3.24 Å². The van der Waals surface area contributed by atoms with Crippen LogP contribution in [0.1, 0.15) is 51.4 Å². The SMILES string of the molecule is CCc1cccc(C)c1N(c1ccc(/C=C/C=C/c2ccccc2)c(C)c1)c1ccc(/C=C/C=C/c2ccccc2)c(C)c1. The molecule has 0 aromatic heterocycles. The lowest BCUT2D eigenvalue weighted by atomic mass is 10.00. The summed E-state index contributed by atoms with van der Waals surface area (Å²) >= 11 is 0. The van der Waals surface area contributed by atoms with Crippen molar-refractivity contribution in [3.63, 3.8) is 0 Å². The van der Waals surface area contributed by atoms with Crippen molar-refractivity contribution in [1.29, 1.82) is 0 Å². The van der Waals surface area contributed by atoms with E-state index in [1.54, 1.807) is 0 Å². The zero-order chi connectivity index (χ0) is 30.7. The van der Waals surface area contributed by atoms with E-state index in [0.29, 0.717) is 0 Å². The number of hydrogen-bond donors (Lipinski definition) is 0. The number of allylic oxidation sites excluding steroid dienone is 4. The number of para-hydroxylation sites is 1. The standard InChI is InChI=1S/C43H41N/c1-5-38-26-16-17-33(2)43(38)44(41-29-27-39(34(3)31-41)24-14-12-22-36-18-8-6-9-19-36)42-30-28-40(35(4)32-42)25-15-13-23-37-20-10-7-11-21-37/h6-32H,5H2,1-4H3/b22-12+,23-13+,24-14+,25-15+. The number of nitrogens with zero attached hydrogens (tertiary/aromatic N) is 1. The van der Waals surface area contributed by atoms with Gasteiger partial charge in [-0.25, -0.2) is 0 Å². The summed E-state index contributed by atoms with van der Waals surface area (Å²) in [5.74, 6) is 0. The summed E-state index contributed by atoms with van der Waals surface area (Å²) in [6.07, 6.45) is 18.0. The van der Waals surface area contributed by atoms with E-state index in [2.05, 4.69) is 184 Å². The Kier molecular flexibility index (Phi) is 10.2. The van der Waals surface area contributed by atoms with Gasteiger partial charge in [0.2, 0.25) is 0 Å². The zero-order valence-corrected chi connectivity index (χ0v) is 26.2. The largest absolute Gasteiger partial charge is 0.310 e. The second-order valence-corrected chi connectivity index (χ2v) is 11.1. The van der Waals surface area contributed by atoms with Gasteiger partial charge in [0, 0.05) is 11.4 Å². The van der Waals surface area contributed by atoms with Gasteiger partial charge in [-0.15, -0.1) is 0 Å². The Balaban J connectivity index is 1.46. The molecule has 0 bridgehead atoms. The molecule has 0 fully saturated rings. The second-order valence-electron chi connectivity index (χ2n) is 11.1. The van der Waals surface area contributed by atoms with E-state index in [4.69, 9.17) is 0 Å². The van der Waals surface area contributed by atoms with Crippen LogP contribution in [-0.4, -0.2) is 0 Å². The van der Waals surface area contributed by atoms with Crippen molar-refractivity contribution >= 4 is 41.4 Å². The first kappa shape index (κ1) is 30.3. The highest BCUT2D eigenvalue weighted by Gasteiger charge is 2.18. The Labute approximate surface area is 263 Å². The highest BCUT2D eigenvalue weighted by molar-refractivity contribution is 5.82. The van der Waals surface area contributed by atoms with Gasteiger partial charge in [-0.3, -0.25) is 0 Å². The number of rotatable bonds is 10. The highest BCUT2D eigenvalue weighted by Crippen LogP contribution is 2.40. The van der Waals surface area contributed by atoms with Gasteiger partial charge in [0.1, 0.15) is 0 Å². The molecule has 0 aliphatic rings. The quantitative estimate of drug-likeness (QED) is 0.151. The van der Waals surface area contributed by atoms with Gasteiger partial charge < -0.3 is 4.90 Å². The second kappa shape index (κ2) is 14.8. The van der Waals surface area contributed by atoms with E-state index in [9.17, 15) is 0 Å². The van der Waals surface area contributed by atoms with Crippen LogP contribution in [0.3, 0.4) is 0 Å². The maximum absolute atomic E-state index is 2.43. The number of hydrogen-bond acceptors (Lipinski definition) is 1. The van der Waals surface area contributed by atoms with Crippen molar-refractivity contribution < 1.29 is 0 Å². The average molecular weight is 572 g/mol. The summed E-state index contributed by atoms with van der Waals surface area (Å²) in [6, 6.07) is 41.0. The molecule has 5 rings (SSSR count). The van der Waals surface area contributed by atoms with Gasteiger partial charge in [0.25, 0.3) is 0 Å². The number of benzene rings is 5. The van der Waals surface area contributed by atoms with E-state index < -0.39 is 0 Å². The molecule has 218 valence electrons. The Morgan fingerprint density at radius 2 is 0.955 bits per heavy atom. The molecule has 0 unspecified atom stereocenters. The van der Waals surface area contributed by atoms with Crippen LogP contribution in [0, 0.1) is 20.8 Å². The van der Waals surface area contributed by atoms with Crippen LogP contribution in [0.15, 0.2) is 140 Å². The number of anilines is 3. The summed E-state index contributed by atoms with van der Waals surface area (Å²) in [5.41, 5.74) is 13.5. The van der Waals surface area contributed by atoms with Gasteiger partial charge in [0.05, 0.1) is 5.69 Å². The summed E-state index contributed by atoms with van der Waals surface area (Å²) in [4.78, 5) is 2.43. The normalized spacial score (nSPS) is 11.8. The number of aryl methyl sites for hydroxylation is 4. The maximum Gasteiger partial charge on any atom is 0.0522 e. The molecule has 0 heterocycles. The summed E-state index contributed by atoms with van der Waals surface area (Å²) in [5, 5.41) is 0. The molecule has 0 radical (unpaired) electrons. The Morgan fingerprint density at radius 3 is 1.41 bits per heavy atom. The van der Waals surface area contributed by atoms with Gasteiger partial charge in [-0.1, -0.05) is 147 Å². The van der Waals surface area contributed by atoms with E-state index in [1.165, 1.54) is 50.2 Å². The van der Waals surface area contributed by atoms with E-state index in [-0.39, 0.29) is 0 Å². The van der Waals surface area contributed by atoms with Crippen molar-refractivity contribution in [2.45, 2.75) is 34.1 Å². The smallest absolute Gasteiger partial charge is 0.0522 e. The third-order valence-corrected chi connectivity index (χ3v) is 7.90. The van der Waals surface area contributed by atoms with Crippen molar-refractivity contribution in [3.05, 3.63) is 184 Å². The van der Waals surface area contributed by atoms with Gasteiger partial charge in [0.15, 0.2) is 0 Å². The third kappa shape index (κ3) is 7.62. The average Bonchev–Trinajstić information content (AvgIpc) is 3.05. The first-order valence-electron chi connectivity index (χ1n) is 15.4. The van der Waals surface area contributed by atoms with Crippen LogP contribution in [-0.2, 0) is 6.42 Å². The van der Waals surface area contributed by atoms with Crippen LogP contribution in [0.5, 0.6) is 0 Å².